The number of carbonyl (C=O) groups is 1. The normalized spacial score (nSPS) is 23.5. The van der Waals surface area contributed by atoms with Crippen molar-refractivity contribution in [1.29, 1.82) is 0 Å². The topological polar surface area (TPSA) is 61.8 Å². The summed E-state index contributed by atoms with van der Waals surface area (Å²) < 4.78 is 5.48. The number of rotatable bonds is 6. The van der Waals surface area contributed by atoms with Gasteiger partial charge in [0.05, 0.1) is 18.8 Å². The number of likely N-dealkylation sites (tertiary alicyclic amines) is 1. The lowest BCUT2D eigenvalue weighted by atomic mass is 9.90. The molecule has 0 bridgehead atoms. The van der Waals surface area contributed by atoms with Gasteiger partial charge < -0.3 is 20.1 Å². The molecule has 5 nitrogen and oxygen atoms in total. The van der Waals surface area contributed by atoms with Gasteiger partial charge in [-0.25, -0.2) is 0 Å². The van der Waals surface area contributed by atoms with Crippen LogP contribution in [-0.4, -0.2) is 54.3 Å². The van der Waals surface area contributed by atoms with Gasteiger partial charge in [-0.15, -0.1) is 12.4 Å². The second-order valence-electron chi connectivity index (χ2n) is 7.23. The van der Waals surface area contributed by atoms with Crippen LogP contribution in [0.15, 0.2) is 24.3 Å². The Balaban J connectivity index is 0.00000243. The van der Waals surface area contributed by atoms with E-state index in [1.165, 1.54) is 12.0 Å². The lowest BCUT2D eigenvalue weighted by Gasteiger charge is -2.33. The van der Waals surface area contributed by atoms with E-state index in [0.29, 0.717) is 25.5 Å². The first-order valence-electron chi connectivity index (χ1n) is 9.57. The number of β-amino-alcohol motifs (C(OH)–C–C–N with tert-alkyl or cyclic N) is 1. The van der Waals surface area contributed by atoms with Gasteiger partial charge in [-0.05, 0) is 62.6 Å². The molecule has 0 aliphatic carbocycles. The third kappa shape index (κ3) is 5.60. The van der Waals surface area contributed by atoms with Crippen molar-refractivity contribution in [2.45, 2.75) is 51.2 Å². The van der Waals surface area contributed by atoms with Crippen molar-refractivity contribution in [3.63, 3.8) is 0 Å². The maximum Gasteiger partial charge on any atom is 0.239 e. The number of hydrogen-bond donors (Lipinski definition) is 2. The number of carbonyl (C=O) groups excluding carboxylic acids is 1. The Kier molecular flexibility index (Phi) is 8.19. The van der Waals surface area contributed by atoms with Crippen molar-refractivity contribution in [1.82, 2.24) is 10.2 Å². The minimum atomic E-state index is -0.374. The molecule has 2 saturated heterocycles. The van der Waals surface area contributed by atoms with Crippen LogP contribution in [0.1, 0.15) is 38.2 Å². The number of aliphatic hydroxyl groups is 1. The Morgan fingerprint density at radius 3 is 2.54 bits per heavy atom. The number of halogens is 1. The zero-order valence-corrected chi connectivity index (χ0v) is 16.3. The quantitative estimate of drug-likeness (QED) is 0.793. The van der Waals surface area contributed by atoms with E-state index in [4.69, 9.17) is 4.74 Å². The van der Waals surface area contributed by atoms with Gasteiger partial charge in [0.1, 0.15) is 5.75 Å². The Morgan fingerprint density at radius 2 is 1.96 bits per heavy atom. The van der Waals surface area contributed by atoms with Crippen LogP contribution in [0.3, 0.4) is 0 Å². The maximum absolute atomic E-state index is 12.5. The van der Waals surface area contributed by atoms with Crippen LogP contribution in [0, 0.1) is 5.92 Å². The van der Waals surface area contributed by atoms with Gasteiger partial charge in [-0.3, -0.25) is 4.79 Å². The van der Waals surface area contributed by atoms with E-state index >= 15 is 0 Å². The lowest BCUT2D eigenvalue weighted by Crippen LogP contribution is -2.47. The molecule has 0 saturated carbocycles. The number of hydrogen-bond acceptors (Lipinski definition) is 4. The Labute approximate surface area is 162 Å². The Hall–Kier alpha value is -1.30. The van der Waals surface area contributed by atoms with Crippen LogP contribution >= 0.6 is 12.4 Å². The molecule has 1 aromatic carbocycles. The van der Waals surface area contributed by atoms with E-state index < -0.39 is 0 Å². The molecule has 0 spiro atoms. The predicted molar refractivity (Wildman–Crippen MR) is 105 cm³/mol. The third-order valence-corrected chi connectivity index (χ3v) is 5.41. The molecule has 2 unspecified atom stereocenters. The number of aryl methyl sites for hydroxylation is 1. The number of amides is 1. The van der Waals surface area contributed by atoms with Gasteiger partial charge in [-0.2, -0.15) is 0 Å². The summed E-state index contributed by atoms with van der Waals surface area (Å²) in [7, 11) is 0. The smallest absolute Gasteiger partial charge is 0.239 e. The molecule has 26 heavy (non-hydrogen) atoms. The van der Waals surface area contributed by atoms with Gasteiger partial charge in [0, 0.05) is 19.6 Å². The Bertz CT molecular complexity index is 559. The number of ether oxygens (including phenoxy) is 1. The van der Waals surface area contributed by atoms with Crippen molar-refractivity contribution in [3.05, 3.63) is 29.8 Å². The van der Waals surface area contributed by atoms with E-state index in [-0.39, 0.29) is 30.5 Å². The van der Waals surface area contributed by atoms with Gasteiger partial charge in [-0.1, -0.05) is 12.1 Å². The molecule has 0 radical (unpaired) electrons. The van der Waals surface area contributed by atoms with E-state index in [2.05, 4.69) is 17.4 Å². The van der Waals surface area contributed by atoms with Crippen molar-refractivity contribution in [3.8, 4) is 5.75 Å². The summed E-state index contributed by atoms with van der Waals surface area (Å²) in [5.74, 6) is 1.79. The zero-order chi connectivity index (χ0) is 17.6. The highest BCUT2D eigenvalue weighted by molar-refractivity contribution is 5.85. The molecule has 1 aromatic rings. The molecule has 146 valence electrons. The maximum atomic E-state index is 12.5. The van der Waals surface area contributed by atoms with Crippen LogP contribution in [0.25, 0.3) is 0 Å². The molecule has 6 heteroatoms. The van der Waals surface area contributed by atoms with Gasteiger partial charge >= 0.3 is 0 Å². The second-order valence-corrected chi connectivity index (χ2v) is 7.23. The number of nitrogens with zero attached hydrogens (tertiary/aromatic N) is 1. The Morgan fingerprint density at radius 1 is 1.27 bits per heavy atom. The minimum absolute atomic E-state index is 0. The average Bonchev–Trinajstić information content (AvgIpc) is 3.08. The monoisotopic (exact) mass is 382 g/mol. The molecule has 2 aliphatic rings. The fourth-order valence-electron chi connectivity index (χ4n) is 3.86. The fraction of sp³-hybridized carbons (Fsp3) is 0.650. The summed E-state index contributed by atoms with van der Waals surface area (Å²) >= 11 is 0. The first kappa shape index (κ1) is 21.0. The van der Waals surface area contributed by atoms with Crippen LogP contribution in [0.5, 0.6) is 5.75 Å². The first-order chi connectivity index (χ1) is 12.2. The summed E-state index contributed by atoms with van der Waals surface area (Å²) in [6.07, 6.45) is 4.60. The van der Waals surface area contributed by atoms with Crippen molar-refractivity contribution >= 4 is 18.3 Å². The SMILES string of the molecule is CCOc1ccc(CCC2CCN(C(=O)C3CC(O)CN3)CC2)cc1.Cl. The van der Waals surface area contributed by atoms with E-state index in [9.17, 15) is 9.90 Å². The molecule has 1 amide bonds. The molecule has 2 heterocycles. The summed E-state index contributed by atoms with van der Waals surface area (Å²) in [6.45, 7) is 4.93. The lowest BCUT2D eigenvalue weighted by molar-refractivity contribution is -0.134. The number of piperidine rings is 1. The fourth-order valence-corrected chi connectivity index (χ4v) is 3.86. The molecular formula is C20H31ClN2O3. The van der Waals surface area contributed by atoms with Crippen molar-refractivity contribution in [2.24, 2.45) is 5.92 Å². The zero-order valence-electron chi connectivity index (χ0n) is 15.5. The van der Waals surface area contributed by atoms with Crippen LogP contribution < -0.4 is 10.1 Å². The van der Waals surface area contributed by atoms with Crippen LogP contribution in [-0.2, 0) is 11.2 Å². The summed E-state index contributed by atoms with van der Waals surface area (Å²) in [5.41, 5.74) is 1.35. The average molecular weight is 383 g/mol. The summed E-state index contributed by atoms with van der Waals surface area (Å²) in [5, 5.41) is 12.7. The molecular weight excluding hydrogens is 352 g/mol. The molecule has 2 N–H and O–H groups in total. The number of nitrogens with one attached hydrogen (secondary N) is 1. The first-order valence-corrected chi connectivity index (χ1v) is 9.57. The molecule has 2 atom stereocenters. The van der Waals surface area contributed by atoms with E-state index in [0.717, 1.165) is 38.1 Å². The van der Waals surface area contributed by atoms with Crippen LogP contribution in [0.4, 0.5) is 0 Å². The molecule has 3 rings (SSSR count). The van der Waals surface area contributed by atoms with E-state index in [1.807, 2.05) is 24.0 Å². The minimum Gasteiger partial charge on any atom is -0.494 e. The summed E-state index contributed by atoms with van der Waals surface area (Å²) in [4.78, 5) is 14.4. The van der Waals surface area contributed by atoms with Crippen molar-refractivity contribution in [2.75, 3.05) is 26.2 Å². The highest BCUT2D eigenvalue weighted by Gasteiger charge is 2.32. The predicted octanol–water partition coefficient (Wildman–Crippen LogP) is 2.40. The largest absolute Gasteiger partial charge is 0.494 e. The third-order valence-electron chi connectivity index (χ3n) is 5.41. The molecule has 2 fully saturated rings. The second kappa shape index (κ2) is 10.1. The van der Waals surface area contributed by atoms with Gasteiger partial charge in [0.25, 0.3) is 0 Å². The van der Waals surface area contributed by atoms with Gasteiger partial charge in [0.15, 0.2) is 0 Å². The molecule has 2 aliphatic heterocycles. The standard InChI is InChI=1S/C20H30N2O3.ClH/c1-2-25-18-7-5-15(6-8-18)3-4-16-9-11-22(12-10-16)20(24)19-13-17(23)14-21-19;/h5-8,16-17,19,21,23H,2-4,9-14H2,1H3;1H. The highest BCUT2D eigenvalue weighted by Crippen LogP contribution is 2.24. The van der Waals surface area contributed by atoms with Crippen LogP contribution in [0.2, 0.25) is 0 Å². The molecule has 0 aromatic heterocycles. The number of benzene rings is 1. The van der Waals surface area contributed by atoms with Crippen molar-refractivity contribution < 1.29 is 14.6 Å². The highest BCUT2D eigenvalue weighted by atomic mass is 35.5. The van der Waals surface area contributed by atoms with E-state index in [1.54, 1.807) is 0 Å². The number of aliphatic hydroxyl groups excluding tert-OH is 1. The van der Waals surface area contributed by atoms with Gasteiger partial charge in [0.2, 0.25) is 5.91 Å². The summed E-state index contributed by atoms with van der Waals surface area (Å²) in [6, 6.07) is 8.21.